The van der Waals surface area contributed by atoms with Gasteiger partial charge in [0.1, 0.15) is 5.69 Å². The fourth-order valence-electron chi connectivity index (χ4n) is 2.07. The van der Waals surface area contributed by atoms with Crippen molar-refractivity contribution in [1.29, 1.82) is 0 Å². The van der Waals surface area contributed by atoms with Gasteiger partial charge >= 0.3 is 6.09 Å². The highest BCUT2D eigenvalue weighted by Gasteiger charge is 2.26. The maximum atomic E-state index is 12.3. The van der Waals surface area contributed by atoms with E-state index in [1.54, 1.807) is 16.8 Å². The fourth-order valence-corrected chi connectivity index (χ4v) is 3.73. The summed E-state index contributed by atoms with van der Waals surface area (Å²) in [6.45, 7) is 5.92. The first-order valence-electron chi connectivity index (χ1n) is 7.07. The molecule has 6 nitrogen and oxygen atoms in total. The lowest BCUT2D eigenvalue weighted by atomic mass is 10.1. The monoisotopic (exact) mass is 353 g/mol. The summed E-state index contributed by atoms with van der Waals surface area (Å²) < 4.78 is 0. The number of carbonyl (C=O) groups is 2. The van der Waals surface area contributed by atoms with E-state index >= 15 is 0 Å². The zero-order valence-electron chi connectivity index (χ0n) is 13.2. The van der Waals surface area contributed by atoms with Crippen molar-refractivity contribution in [2.75, 3.05) is 13.1 Å². The molecule has 2 aromatic heterocycles. The topological polar surface area (TPSA) is 82.5 Å². The van der Waals surface area contributed by atoms with Gasteiger partial charge in [0.15, 0.2) is 0 Å². The number of thiophene rings is 1. The van der Waals surface area contributed by atoms with Gasteiger partial charge in [-0.05, 0) is 32.2 Å². The van der Waals surface area contributed by atoms with Crippen LogP contribution in [-0.4, -0.2) is 45.6 Å². The number of rotatable bonds is 5. The second-order valence-electron chi connectivity index (χ2n) is 5.87. The van der Waals surface area contributed by atoms with E-state index in [0.717, 1.165) is 9.75 Å². The third-order valence-electron chi connectivity index (χ3n) is 3.19. The van der Waals surface area contributed by atoms with E-state index < -0.39 is 11.6 Å². The molecule has 8 heteroatoms. The quantitative estimate of drug-likeness (QED) is 0.863. The standard InChI is InChI=1S/C15H19N3O3S2/c1-15(2,3)18(14(20)21)7-6-16-13(19)11-12(23-9-17-11)10-5-4-8-22-10/h4-5,8-9H,6-7H2,1-3H3,(H,16,19)(H,20,21). The molecule has 0 aliphatic heterocycles. The molecule has 0 bridgehead atoms. The number of hydrogen-bond acceptors (Lipinski definition) is 5. The molecule has 0 radical (unpaired) electrons. The van der Waals surface area contributed by atoms with Crippen LogP contribution >= 0.6 is 22.7 Å². The molecule has 2 heterocycles. The summed E-state index contributed by atoms with van der Waals surface area (Å²) in [5.74, 6) is -0.283. The first kappa shape index (κ1) is 17.4. The molecule has 0 unspecified atom stereocenters. The van der Waals surface area contributed by atoms with Crippen molar-refractivity contribution in [3.8, 4) is 9.75 Å². The second-order valence-corrected chi connectivity index (χ2v) is 7.67. The Hall–Kier alpha value is -1.93. The van der Waals surface area contributed by atoms with Crippen LogP contribution in [0.25, 0.3) is 9.75 Å². The number of aromatic nitrogens is 1. The highest BCUT2D eigenvalue weighted by molar-refractivity contribution is 7.20. The summed E-state index contributed by atoms with van der Waals surface area (Å²) in [6, 6.07) is 3.87. The molecule has 0 saturated heterocycles. The lowest BCUT2D eigenvalue weighted by Gasteiger charge is -2.33. The molecule has 2 N–H and O–H groups in total. The normalized spacial score (nSPS) is 11.3. The van der Waals surface area contributed by atoms with Gasteiger partial charge in [0.25, 0.3) is 5.91 Å². The van der Waals surface area contributed by atoms with Crippen LogP contribution < -0.4 is 5.32 Å². The van der Waals surface area contributed by atoms with E-state index in [0.29, 0.717) is 5.69 Å². The molecule has 0 fully saturated rings. The Morgan fingerprint density at radius 3 is 2.65 bits per heavy atom. The summed E-state index contributed by atoms with van der Waals surface area (Å²) in [5, 5.41) is 13.9. The van der Waals surface area contributed by atoms with Gasteiger partial charge in [0.05, 0.1) is 10.4 Å². The Morgan fingerprint density at radius 1 is 1.35 bits per heavy atom. The van der Waals surface area contributed by atoms with Crippen LogP contribution in [0.15, 0.2) is 23.0 Å². The molecule has 124 valence electrons. The molecule has 0 spiro atoms. The number of amides is 2. The molecule has 2 amide bonds. The average Bonchev–Trinajstić information content (AvgIpc) is 3.10. The van der Waals surface area contributed by atoms with Crippen molar-refractivity contribution in [2.24, 2.45) is 0 Å². The summed E-state index contributed by atoms with van der Waals surface area (Å²) in [5.41, 5.74) is 1.51. The maximum absolute atomic E-state index is 12.3. The Balaban J connectivity index is 1.99. The summed E-state index contributed by atoms with van der Waals surface area (Å²) in [4.78, 5) is 30.8. The Morgan fingerprint density at radius 2 is 2.09 bits per heavy atom. The highest BCUT2D eigenvalue weighted by atomic mass is 32.1. The zero-order valence-corrected chi connectivity index (χ0v) is 14.8. The van der Waals surface area contributed by atoms with Gasteiger partial charge in [-0.3, -0.25) is 4.79 Å². The van der Waals surface area contributed by atoms with Crippen molar-refractivity contribution in [3.05, 3.63) is 28.7 Å². The maximum Gasteiger partial charge on any atom is 0.407 e. The van der Waals surface area contributed by atoms with Gasteiger partial charge in [-0.1, -0.05) is 6.07 Å². The van der Waals surface area contributed by atoms with Crippen LogP contribution in [0.2, 0.25) is 0 Å². The molecule has 0 saturated carbocycles. The van der Waals surface area contributed by atoms with Crippen LogP contribution in [0.5, 0.6) is 0 Å². The van der Waals surface area contributed by atoms with Gasteiger partial charge in [0, 0.05) is 23.5 Å². The predicted octanol–water partition coefficient (Wildman–Crippen LogP) is 3.38. The van der Waals surface area contributed by atoms with Crippen LogP contribution in [0.4, 0.5) is 4.79 Å². The number of carbonyl (C=O) groups excluding carboxylic acids is 1. The van der Waals surface area contributed by atoms with Gasteiger partial charge in [-0.2, -0.15) is 0 Å². The number of hydrogen-bond donors (Lipinski definition) is 2. The van der Waals surface area contributed by atoms with Crippen LogP contribution in [0, 0.1) is 0 Å². The van der Waals surface area contributed by atoms with Crippen LogP contribution in [0.3, 0.4) is 0 Å². The molecule has 2 rings (SSSR count). The molecular weight excluding hydrogens is 334 g/mol. The van der Waals surface area contributed by atoms with Crippen molar-refractivity contribution >= 4 is 34.7 Å². The Bertz CT molecular complexity index is 674. The molecule has 2 aromatic rings. The molecule has 0 aliphatic rings. The lowest BCUT2D eigenvalue weighted by molar-refractivity contribution is 0.0889. The van der Waals surface area contributed by atoms with Crippen molar-refractivity contribution < 1.29 is 14.7 Å². The number of nitrogens with zero attached hydrogens (tertiary/aromatic N) is 2. The highest BCUT2D eigenvalue weighted by Crippen LogP contribution is 2.31. The van der Waals surface area contributed by atoms with Crippen molar-refractivity contribution in [2.45, 2.75) is 26.3 Å². The molecular formula is C15H19N3O3S2. The number of carboxylic acid groups (broad SMARTS) is 1. The van der Waals surface area contributed by atoms with Gasteiger partial charge in [-0.15, -0.1) is 22.7 Å². The summed E-state index contributed by atoms with van der Waals surface area (Å²) >= 11 is 2.97. The first-order valence-corrected chi connectivity index (χ1v) is 8.82. The predicted molar refractivity (Wildman–Crippen MR) is 92.2 cm³/mol. The smallest absolute Gasteiger partial charge is 0.407 e. The zero-order chi connectivity index (χ0) is 17.0. The molecule has 0 aromatic carbocycles. The third kappa shape index (κ3) is 4.29. The molecule has 0 aliphatic carbocycles. The van der Waals surface area contributed by atoms with Crippen molar-refractivity contribution in [3.63, 3.8) is 0 Å². The minimum Gasteiger partial charge on any atom is -0.465 e. The second kappa shape index (κ2) is 7.10. The largest absolute Gasteiger partial charge is 0.465 e. The van der Waals surface area contributed by atoms with E-state index in [1.807, 2.05) is 38.3 Å². The van der Waals surface area contributed by atoms with Gasteiger partial charge in [0.2, 0.25) is 0 Å². The SMILES string of the molecule is CC(C)(C)N(CCNC(=O)c1ncsc1-c1cccs1)C(=O)O. The van der Waals surface area contributed by atoms with E-state index in [1.165, 1.54) is 16.2 Å². The Labute approximate surface area is 142 Å². The van der Waals surface area contributed by atoms with E-state index in [4.69, 9.17) is 0 Å². The van der Waals surface area contributed by atoms with Crippen LogP contribution in [-0.2, 0) is 0 Å². The van der Waals surface area contributed by atoms with Crippen LogP contribution in [0.1, 0.15) is 31.3 Å². The average molecular weight is 353 g/mol. The van der Waals surface area contributed by atoms with Crippen molar-refractivity contribution in [1.82, 2.24) is 15.2 Å². The van der Waals surface area contributed by atoms with Gasteiger partial charge < -0.3 is 15.3 Å². The third-order valence-corrected chi connectivity index (χ3v) is 5.07. The summed E-state index contributed by atoms with van der Waals surface area (Å²) in [7, 11) is 0. The van der Waals surface area contributed by atoms with Gasteiger partial charge in [-0.25, -0.2) is 9.78 Å². The summed E-state index contributed by atoms with van der Waals surface area (Å²) in [6.07, 6.45) is -1.00. The number of thiazole rings is 1. The van der Waals surface area contributed by atoms with E-state index in [9.17, 15) is 14.7 Å². The molecule has 0 atom stereocenters. The van der Waals surface area contributed by atoms with E-state index in [-0.39, 0.29) is 19.0 Å². The Kier molecular flexibility index (Phi) is 5.38. The first-order chi connectivity index (χ1) is 10.8. The fraction of sp³-hybridized carbons (Fsp3) is 0.400. The molecule has 23 heavy (non-hydrogen) atoms. The lowest BCUT2D eigenvalue weighted by Crippen LogP contribution is -2.48. The minimum atomic E-state index is -1.00. The minimum absolute atomic E-state index is 0.225. The van der Waals surface area contributed by atoms with E-state index in [2.05, 4.69) is 10.3 Å². The number of nitrogens with one attached hydrogen (secondary N) is 1.